The van der Waals surface area contributed by atoms with E-state index in [9.17, 15) is 17.8 Å². The van der Waals surface area contributed by atoms with Crippen molar-refractivity contribution in [3.8, 4) is 0 Å². The molecule has 9 heteroatoms. The van der Waals surface area contributed by atoms with Crippen LogP contribution >= 0.6 is 9.55 Å². The lowest BCUT2D eigenvalue weighted by atomic mass is 9.98. The molecule has 0 saturated carbocycles. The van der Waals surface area contributed by atoms with Gasteiger partial charge in [-0.15, -0.1) is 0 Å². The van der Waals surface area contributed by atoms with E-state index in [4.69, 9.17) is 10.5 Å². The number of halogens is 3. The predicted octanol–water partition coefficient (Wildman–Crippen LogP) is 2.79. The molecule has 134 valence electrons. The molecule has 0 fully saturated rings. The Labute approximate surface area is 141 Å². The first-order chi connectivity index (χ1) is 11.5. The molecule has 1 aliphatic heterocycles. The first kappa shape index (κ1) is 20.4. The van der Waals surface area contributed by atoms with Crippen molar-refractivity contribution in [2.45, 2.75) is 39.9 Å². The topological polar surface area (TPSA) is 77.2 Å². The van der Waals surface area contributed by atoms with Crippen LogP contribution in [0.15, 0.2) is 5.70 Å². The number of nitrogens with two attached hydrogens (primary N) is 1. The van der Waals surface area contributed by atoms with Gasteiger partial charge in [0.1, 0.15) is 5.69 Å². The summed E-state index contributed by atoms with van der Waals surface area (Å²) in [5, 5.41) is 2.43. The largest absolute Gasteiger partial charge is 0.401 e. The number of amides is 1. The van der Waals surface area contributed by atoms with E-state index in [-0.39, 0.29) is 29.9 Å². The molecular weight excluding hydrogens is 342 g/mol. The maximum Gasteiger partial charge on any atom is 0.281 e. The molecule has 3 rings (SSSR count). The van der Waals surface area contributed by atoms with Gasteiger partial charge in [-0.3, -0.25) is 4.79 Å². The molecule has 1 atom stereocenters. The molecule has 0 radical (unpaired) electrons. The number of ether oxygens (including phenoxy) is 1. The minimum Gasteiger partial charge on any atom is -0.401 e. The lowest BCUT2D eigenvalue weighted by molar-refractivity contribution is -0.115. The van der Waals surface area contributed by atoms with Crippen LogP contribution < -0.4 is 11.1 Å². The molecule has 24 heavy (non-hydrogen) atoms. The Morgan fingerprint density at radius 1 is 1.29 bits per heavy atom. The molecule has 0 spiro atoms. The first-order valence-corrected chi connectivity index (χ1v) is 7.81. The second kappa shape index (κ2) is 8.99. The lowest BCUT2D eigenvalue weighted by Crippen LogP contribution is -2.21. The summed E-state index contributed by atoms with van der Waals surface area (Å²) in [5.41, 5.74) is 8.03. The Hall–Kier alpha value is -1.66. The number of allylic oxidation sites excluding steroid dienone is 1. The Morgan fingerprint density at radius 3 is 2.46 bits per heavy atom. The van der Waals surface area contributed by atoms with Crippen LogP contribution in [-0.4, -0.2) is 17.9 Å². The third-order valence-corrected chi connectivity index (χ3v) is 3.61. The summed E-state index contributed by atoms with van der Waals surface area (Å²) >= 11 is 0. The van der Waals surface area contributed by atoms with Crippen molar-refractivity contribution in [2.24, 2.45) is 5.73 Å². The summed E-state index contributed by atoms with van der Waals surface area (Å²) in [6.07, 6.45) is -2.48. The number of hydrogen-bond acceptors (Lipinski definition) is 4. The van der Waals surface area contributed by atoms with Crippen molar-refractivity contribution in [2.75, 3.05) is 7.05 Å². The van der Waals surface area contributed by atoms with Crippen molar-refractivity contribution in [3.63, 3.8) is 0 Å². The van der Waals surface area contributed by atoms with Gasteiger partial charge >= 0.3 is 0 Å². The quantitative estimate of drug-likeness (QED) is 0.792. The van der Waals surface area contributed by atoms with Crippen LogP contribution in [0.3, 0.4) is 0 Å². The molecule has 0 aromatic carbocycles. The SMILES string of the molecule is CC.CNC(=O)C1=C(N)Cc2c3c(nc(C(F)F)c21)COC3.FP. The molecule has 2 heterocycles. The molecule has 0 saturated heterocycles. The first-order valence-electron chi connectivity index (χ1n) is 7.37. The number of pyridine rings is 1. The van der Waals surface area contributed by atoms with Crippen LogP contribution in [0.4, 0.5) is 13.0 Å². The standard InChI is InChI=1S/C13H13F2N3O2.C2H6.FH2P/c1-17-13(19)10-7(16)2-5-6-3-20-4-8(6)18-11(9(5)10)12(14)15;2*1-2/h12H,2-4,16H2,1H3,(H,17,19);1-2H3;2H2. The van der Waals surface area contributed by atoms with E-state index in [2.05, 4.69) is 10.3 Å². The van der Waals surface area contributed by atoms with Crippen molar-refractivity contribution in [3.05, 3.63) is 33.8 Å². The third-order valence-electron chi connectivity index (χ3n) is 3.61. The number of likely N-dealkylation sites (N-methyl/N-ethyl adjacent to an activating group) is 1. The summed E-state index contributed by atoms with van der Waals surface area (Å²) in [7, 11) is 2.35. The van der Waals surface area contributed by atoms with Crippen LogP contribution in [0, 0.1) is 0 Å². The fourth-order valence-electron chi connectivity index (χ4n) is 2.74. The zero-order valence-corrected chi connectivity index (χ0v) is 14.9. The zero-order valence-electron chi connectivity index (χ0n) is 13.8. The summed E-state index contributed by atoms with van der Waals surface area (Å²) in [6, 6.07) is 0. The van der Waals surface area contributed by atoms with Crippen molar-refractivity contribution in [1.29, 1.82) is 0 Å². The lowest BCUT2D eigenvalue weighted by Gasteiger charge is -2.13. The molecule has 0 bridgehead atoms. The van der Waals surface area contributed by atoms with E-state index in [1.165, 1.54) is 7.05 Å². The predicted molar refractivity (Wildman–Crippen MR) is 88.7 cm³/mol. The van der Waals surface area contributed by atoms with Gasteiger partial charge in [0.25, 0.3) is 12.3 Å². The van der Waals surface area contributed by atoms with Crippen molar-refractivity contribution in [1.82, 2.24) is 10.3 Å². The molecule has 5 nitrogen and oxygen atoms in total. The van der Waals surface area contributed by atoms with Crippen molar-refractivity contribution < 1.29 is 22.5 Å². The molecular formula is C15H21F3N3O2P. The summed E-state index contributed by atoms with van der Waals surface area (Å²) in [5.74, 6) is -0.469. The number of alkyl halides is 2. The Balaban J connectivity index is 0.000000671. The van der Waals surface area contributed by atoms with Gasteiger partial charge in [0.2, 0.25) is 0 Å². The number of rotatable bonds is 2. The molecule has 1 aliphatic carbocycles. The number of hydrogen-bond donors (Lipinski definition) is 2. The Morgan fingerprint density at radius 2 is 1.92 bits per heavy atom. The monoisotopic (exact) mass is 363 g/mol. The van der Waals surface area contributed by atoms with E-state index in [1.54, 1.807) is 0 Å². The average Bonchev–Trinajstić information content (AvgIpc) is 3.20. The van der Waals surface area contributed by atoms with E-state index in [1.807, 2.05) is 13.8 Å². The normalized spacial score (nSPS) is 14.3. The summed E-state index contributed by atoms with van der Waals surface area (Å²) in [6.45, 7) is 4.54. The molecule has 1 amide bonds. The highest BCUT2D eigenvalue weighted by atomic mass is 31.1. The molecule has 1 unspecified atom stereocenters. The second-order valence-corrected chi connectivity index (χ2v) is 4.73. The van der Waals surface area contributed by atoms with Gasteiger partial charge in [-0.2, -0.15) is 0 Å². The van der Waals surface area contributed by atoms with E-state index in [0.29, 0.717) is 23.6 Å². The fraction of sp³-hybridized carbons (Fsp3) is 0.467. The number of nitrogens with one attached hydrogen (secondary N) is 1. The summed E-state index contributed by atoms with van der Waals surface area (Å²) in [4.78, 5) is 15.9. The number of carbonyl (C=O) groups excluding carboxylic acids is 1. The van der Waals surface area contributed by atoms with E-state index < -0.39 is 12.3 Å². The van der Waals surface area contributed by atoms with Gasteiger partial charge in [0.15, 0.2) is 0 Å². The van der Waals surface area contributed by atoms with Crippen molar-refractivity contribution >= 4 is 21.0 Å². The van der Waals surface area contributed by atoms with Crippen LogP contribution in [-0.2, 0) is 29.2 Å². The Kier molecular flexibility index (Phi) is 7.63. The van der Waals surface area contributed by atoms with E-state index >= 15 is 0 Å². The minimum atomic E-state index is -2.76. The highest BCUT2D eigenvalue weighted by molar-refractivity contribution is 7.09. The average molecular weight is 363 g/mol. The molecule has 1 aromatic rings. The second-order valence-electron chi connectivity index (χ2n) is 4.73. The van der Waals surface area contributed by atoms with Gasteiger partial charge in [-0.25, -0.2) is 18.0 Å². The smallest absolute Gasteiger partial charge is 0.281 e. The fourth-order valence-corrected chi connectivity index (χ4v) is 2.74. The number of carbonyl (C=O) groups is 1. The maximum atomic E-state index is 13.3. The van der Waals surface area contributed by atoms with Crippen LogP contribution in [0.25, 0.3) is 5.57 Å². The molecule has 3 N–H and O–H groups in total. The third kappa shape index (κ3) is 3.54. The Bertz CT molecular complexity index is 651. The number of fused-ring (bicyclic) bond motifs is 3. The highest BCUT2D eigenvalue weighted by Crippen LogP contribution is 2.41. The highest BCUT2D eigenvalue weighted by Gasteiger charge is 2.35. The van der Waals surface area contributed by atoms with Crippen LogP contribution in [0.2, 0.25) is 0 Å². The number of aromatic nitrogens is 1. The maximum absolute atomic E-state index is 13.3. The van der Waals surface area contributed by atoms with Gasteiger partial charge in [0.05, 0.1) is 34.0 Å². The molecule has 2 aliphatic rings. The minimum absolute atomic E-state index is 0.111. The van der Waals surface area contributed by atoms with E-state index in [0.717, 1.165) is 15.1 Å². The summed E-state index contributed by atoms with van der Waals surface area (Å²) < 4.78 is 41.2. The van der Waals surface area contributed by atoms with Gasteiger partial charge in [-0.1, -0.05) is 13.8 Å². The number of nitrogens with zero attached hydrogens (tertiary/aromatic N) is 1. The molecule has 1 aromatic heterocycles. The van der Waals surface area contributed by atoms with Crippen LogP contribution in [0.1, 0.15) is 48.4 Å². The van der Waals surface area contributed by atoms with Gasteiger partial charge in [-0.05, 0) is 5.56 Å². The van der Waals surface area contributed by atoms with Gasteiger partial charge < -0.3 is 15.8 Å². The van der Waals surface area contributed by atoms with Crippen LogP contribution in [0.5, 0.6) is 0 Å². The zero-order chi connectivity index (χ0) is 18.4. The van der Waals surface area contributed by atoms with Gasteiger partial charge in [0, 0.05) is 30.3 Å².